The maximum Gasteiger partial charge on any atom is 0.321 e. The molecule has 142 valence electrons. The minimum absolute atomic E-state index is 0.0259. The molecule has 0 bridgehead atoms. The molecule has 2 aliphatic rings. The van der Waals surface area contributed by atoms with Crippen LogP contribution in [0.4, 0.5) is 10.5 Å². The minimum Gasteiger partial charge on any atom is -0.454 e. The summed E-state index contributed by atoms with van der Waals surface area (Å²) < 4.78 is 10.8. The molecule has 4 rings (SSSR count). The third kappa shape index (κ3) is 4.17. The van der Waals surface area contributed by atoms with Crippen LogP contribution in [0.3, 0.4) is 0 Å². The summed E-state index contributed by atoms with van der Waals surface area (Å²) in [5, 5.41) is 2.99. The zero-order valence-corrected chi connectivity index (χ0v) is 15.6. The Morgan fingerprint density at radius 2 is 1.67 bits per heavy atom. The summed E-state index contributed by atoms with van der Waals surface area (Å²) in [5.41, 5.74) is 3.32. The van der Waals surface area contributed by atoms with Crippen LogP contribution in [0.2, 0.25) is 0 Å². The quantitative estimate of drug-likeness (QED) is 0.901. The van der Waals surface area contributed by atoms with Gasteiger partial charge in [0.15, 0.2) is 11.5 Å². The van der Waals surface area contributed by atoms with Crippen molar-refractivity contribution in [2.75, 3.05) is 38.3 Å². The molecule has 6 heteroatoms. The zero-order valence-electron chi connectivity index (χ0n) is 15.6. The summed E-state index contributed by atoms with van der Waals surface area (Å²) in [6.45, 7) is 6.44. The van der Waals surface area contributed by atoms with Gasteiger partial charge in [-0.3, -0.25) is 4.90 Å². The molecule has 0 spiro atoms. The minimum atomic E-state index is -0.0259. The Morgan fingerprint density at radius 3 is 2.41 bits per heavy atom. The van der Waals surface area contributed by atoms with Crippen LogP contribution in [0, 0.1) is 0 Å². The first kappa shape index (κ1) is 17.7. The van der Waals surface area contributed by atoms with Crippen LogP contribution in [-0.4, -0.2) is 48.8 Å². The molecule has 1 fully saturated rings. The number of nitrogens with zero attached hydrogens (tertiary/aromatic N) is 2. The monoisotopic (exact) mass is 367 g/mol. The molecular weight excluding hydrogens is 342 g/mol. The third-order valence-electron chi connectivity index (χ3n) is 5.12. The zero-order chi connectivity index (χ0) is 18.6. The van der Waals surface area contributed by atoms with Gasteiger partial charge in [0, 0.05) is 38.4 Å². The highest BCUT2D eigenvalue weighted by Crippen LogP contribution is 2.32. The Labute approximate surface area is 159 Å². The van der Waals surface area contributed by atoms with E-state index in [-0.39, 0.29) is 6.03 Å². The van der Waals surface area contributed by atoms with Crippen molar-refractivity contribution in [1.82, 2.24) is 9.80 Å². The lowest BCUT2D eigenvalue weighted by Gasteiger charge is -2.34. The van der Waals surface area contributed by atoms with Crippen LogP contribution in [0.25, 0.3) is 0 Å². The number of benzene rings is 2. The second-order valence-corrected chi connectivity index (χ2v) is 6.93. The van der Waals surface area contributed by atoms with Crippen molar-refractivity contribution in [1.29, 1.82) is 0 Å². The maximum absolute atomic E-state index is 12.5. The van der Waals surface area contributed by atoms with Crippen LogP contribution in [0.5, 0.6) is 11.5 Å². The summed E-state index contributed by atoms with van der Waals surface area (Å²) in [6, 6.07) is 14.1. The van der Waals surface area contributed by atoms with E-state index < -0.39 is 0 Å². The average molecular weight is 367 g/mol. The second kappa shape index (κ2) is 7.88. The van der Waals surface area contributed by atoms with Crippen LogP contribution >= 0.6 is 0 Å². The van der Waals surface area contributed by atoms with E-state index >= 15 is 0 Å². The van der Waals surface area contributed by atoms with Gasteiger partial charge in [0.25, 0.3) is 0 Å². The fourth-order valence-corrected chi connectivity index (χ4v) is 3.43. The number of amides is 2. The average Bonchev–Trinajstić information content (AvgIpc) is 3.17. The molecule has 2 aliphatic heterocycles. The molecule has 6 nitrogen and oxygen atoms in total. The molecule has 0 aromatic heterocycles. The molecule has 27 heavy (non-hydrogen) atoms. The van der Waals surface area contributed by atoms with E-state index in [1.54, 1.807) is 0 Å². The van der Waals surface area contributed by atoms with Crippen LogP contribution < -0.4 is 14.8 Å². The lowest BCUT2D eigenvalue weighted by Crippen LogP contribution is -2.49. The number of hydrogen-bond acceptors (Lipinski definition) is 4. The molecule has 1 saturated heterocycles. The predicted molar refractivity (Wildman–Crippen MR) is 104 cm³/mol. The van der Waals surface area contributed by atoms with Crippen molar-refractivity contribution >= 4 is 11.7 Å². The lowest BCUT2D eigenvalue weighted by atomic mass is 10.1. The Balaban J connectivity index is 1.27. The van der Waals surface area contributed by atoms with Crippen LogP contribution in [-0.2, 0) is 13.0 Å². The number of rotatable bonds is 4. The van der Waals surface area contributed by atoms with Gasteiger partial charge < -0.3 is 19.7 Å². The van der Waals surface area contributed by atoms with Gasteiger partial charge in [0.05, 0.1) is 0 Å². The molecule has 2 heterocycles. The summed E-state index contributed by atoms with van der Waals surface area (Å²) in [5.74, 6) is 1.63. The standard InChI is InChI=1S/C21H25N3O3/c1-2-16-3-6-18(7-4-16)22-21(25)24-11-9-23(10-12-24)14-17-5-8-19-20(13-17)27-15-26-19/h3-8,13H,2,9-12,14-15H2,1H3,(H,22,25). The molecule has 2 amide bonds. The summed E-state index contributed by atoms with van der Waals surface area (Å²) in [4.78, 5) is 16.7. The van der Waals surface area contributed by atoms with Crippen molar-refractivity contribution in [3.63, 3.8) is 0 Å². The highest BCUT2D eigenvalue weighted by atomic mass is 16.7. The van der Waals surface area contributed by atoms with E-state index in [0.717, 1.165) is 56.3 Å². The number of hydrogen-bond donors (Lipinski definition) is 1. The molecule has 0 aliphatic carbocycles. The number of carbonyl (C=O) groups excluding carboxylic acids is 1. The van der Waals surface area contributed by atoms with Crippen molar-refractivity contribution < 1.29 is 14.3 Å². The van der Waals surface area contributed by atoms with Gasteiger partial charge in [-0.05, 0) is 41.8 Å². The SMILES string of the molecule is CCc1ccc(NC(=O)N2CCN(Cc3ccc4c(c3)OCO4)CC2)cc1. The molecule has 0 saturated carbocycles. The number of aryl methyl sites for hydroxylation is 1. The summed E-state index contributed by atoms with van der Waals surface area (Å²) >= 11 is 0. The summed E-state index contributed by atoms with van der Waals surface area (Å²) in [6.07, 6.45) is 1.000. The van der Waals surface area contributed by atoms with E-state index in [1.165, 1.54) is 11.1 Å². The normalized spacial score (nSPS) is 16.4. The first-order valence-corrected chi connectivity index (χ1v) is 9.47. The van der Waals surface area contributed by atoms with Gasteiger partial charge in [-0.1, -0.05) is 25.1 Å². The number of fused-ring (bicyclic) bond motifs is 1. The molecule has 1 N–H and O–H groups in total. The molecular formula is C21H25N3O3. The number of nitrogens with one attached hydrogen (secondary N) is 1. The highest BCUT2D eigenvalue weighted by Gasteiger charge is 2.22. The summed E-state index contributed by atoms with van der Waals surface area (Å²) in [7, 11) is 0. The lowest BCUT2D eigenvalue weighted by molar-refractivity contribution is 0.143. The van der Waals surface area contributed by atoms with E-state index in [1.807, 2.05) is 29.2 Å². The number of anilines is 1. The first-order chi connectivity index (χ1) is 13.2. The topological polar surface area (TPSA) is 54.0 Å². The van der Waals surface area contributed by atoms with E-state index in [4.69, 9.17) is 9.47 Å². The van der Waals surface area contributed by atoms with Crippen molar-refractivity contribution in [3.8, 4) is 11.5 Å². The van der Waals surface area contributed by atoms with Gasteiger partial charge >= 0.3 is 6.03 Å². The van der Waals surface area contributed by atoms with Gasteiger partial charge in [0.2, 0.25) is 6.79 Å². The molecule has 0 atom stereocenters. The molecule has 2 aromatic rings. The molecule has 0 radical (unpaired) electrons. The number of carbonyl (C=O) groups is 1. The highest BCUT2D eigenvalue weighted by molar-refractivity contribution is 5.89. The van der Waals surface area contributed by atoms with E-state index in [0.29, 0.717) is 6.79 Å². The third-order valence-corrected chi connectivity index (χ3v) is 5.12. The van der Waals surface area contributed by atoms with Crippen LogP contribution in [0.1, 0.15) is 18.1 Å². The Bertz CT molecular complexity index is 799. The number of piperazine rings is 1. The van der Waals surface area contributed by atoms with Crippen molar-refractivity contribution in [2.24, 2.45) is 0 Å². The number of urea groups is 1. The fourth-order valence-electron chi connectivity index (χ4n) is 3.43. The largest absolute Gasteiger partial charge is 0.454 e. The van der Waals surface area contributed by atoms with Gasteiger partial charge in [0.1, 0.15) is 0 Å². The van der Waals surface area contributed by atoms with Gasteiger partial charge in [-0.25, -0.2) is 4.79 Å². The van der Waals surface area contributed by atoms with Crippen molar-refractivity contribution in [3.05, 3.63) is 53.6 Å². The number of ether oxygens (including phenoxy) is 2. The second-order valence-electron chi connectivity index (χ2n) is 6.93. The Hall–Kier alpha value is -2.73. The van der Waals surface area contributed by atoms with Gasteiger partial charge in [-0.15, -0.1) is 0 Å². The molecule has 0 unspecified atom stereocenters. The fraction of sp³-hybridized carbons (Fsp3) is 0.381. The predicted octanol–water partition coefficient (Wildman–Crippen LogP) is 3.33. The Kier molecular flexibility index (Phi) is 5.16. The maximum atomic E-state index is 12.5. The van der Waals surface area contributed by atoms with Crippen LogP contribution in [0.15, 0.2) is 42.5 Å². The van der Waals surface area contributed by atoms with E-state index in [2.05, 4.69) is 35.3 Å². The molecule has 2 aromatic carbocycles. The van der Waals surface area contributed by atoms with Crippen molar-refractivity contribution in [2.45, 2.75) is 19.9 Å². The smallest absolute Gasteiger partial charge is 0.321 e. The van der Waals surface area contributed by atoms with E-state index in [9.17, 15) is 4.79 Å². The first-order valence-electron chi connectivity index (χ1n) is 9.47. The van der Waals surface area contributed by atoms with Gasteiger partial charge in [-0.2, -0.15) is 0 Å². The Morgan fingerprint density at radius 1 is 0.963 bits per heavy atom.